The lowest BCUT2D eigenvalue weighted by Crippen LogP contribution is -2.40. The summed E-state index contributed by atoms with van der Waals surface area (Å²) >= 11 is 6.20. The van der Waals surface area contributed by atoms with Gasteiger partial charge >= 0.3 is 5.97 Å². The van der Waals surface area contributed by atoms with E-state index in [9.17, 15) is 24.2 Å². The number of halogens is 1. The summed E-state index contributed by atoms with van der Waals surface area (Å²) in [7, 11) is -4.21. The van der Waals surface area contributed by atoms with Crippen LogP contribution in [0.1, 0.15) is 30.9 Å². The molecule has 1 amide bonds. The van der Waals surface area contributed by atoms with Gasteiger partial charge in [0.25, 0.3) is 0 Å². The van der Waals surface area contributed by atoms with Gasteiger partial charge in [-0.1, -0.05) is 55.8 Å². The van der Waals surface area contributed by atoms with E-state index in [0.29, 0.717) is 0 Å². The summed E-state index contributed by atoms with van der Waals surface area (Å²) in [5.74, 6) is -5.01. The molecule has 0 heterocycles. The van der Waals surface area contributed by atoms with Gasteiger partial charge in [0.2, 0.25) is 13.3 Å². The molecule has 3 unspecified atom stereocenters. The Kier molecular flexibility index (Phi) is 9.05. The Balaban J connectivity index is 2.31. The lowest BCUT2D eigenvalue weighted by atomic mass is 10.0. The summed E-state index contributed by atoms with van der Waals surface area (Å²) in [4.78, 5) is 39.4. The van der Waals surface area contributed by atoms with Crippen molar-refractivity contribution in [2.24, 2.45) is 22.4 Å². The van der Waals surface area contributed by atoms with E-state index in [2.05, 4.69) is 10.3 Å². The van der Waals surface area contributed by atoms with Crippen LogP contribution in [-0.4, -0.2) is 39.8 Å². The molecule has 9 nitrogen and oxygen atoms in total. The lowest BCUT2D eigenvalue weighted by Gasteiger charge is -2.29. The molecular weight excluding hydrogens is 467 g/mol. The Bertz CT molecular complexity index is 1070. The third-order valence-corrected chi connectivity index (χ3v) is 7.77. The molecule has 0 bridgehead atoms. The molecule has 3 atom stereocenters. The minimum atomic E-state index is -4.21. The number of carboxylic acid groups (broad SMARTS) is 1. The number of rotatable bonds is 10. The van der Waals surface area contributed by atoms with Crippen LogP contribution in [0.2, 0.25) is 5.02 Å². The summed E-state index contributed by atoms with van der Waals surface area (Å²) in [6.07, 6.45) is -0.611. The van der Waals surface area contributed by atoms with Gasteiger partial charge in [-0.15, -0.1) is 0 Å². The van der Waals surface area contributed by atoms with Crippen molar-refractivity contribution in [3.8, 4) is 0 Å². The van der Waals surface area contributed by atoms with Crippen LogP contribution in [0, 0.1) is 5.92 Å². The smallest absolute Gasteiger partial charge is 0.311 e. The largest absolute Gasteiger partial charge is 0.481 e. The highest BCUT2D eigenvalue weighted by atomic mass is 35.5. The topological polar surface area (TPSA) is 168 Å². The van der Waals surface area contributed by atoms with E-state index in [1.54, 1.807) is 38.1 Å². The first-order chi connectivity index (χ1) is 15.4. The standard InChI is InChI=1S/C22H28ClN4O5P/c1-13(2)20(27-19(28)10-14-6-4-3-5-7-14)33(31,32)12-17(21(29)30)16-11-15(26-22(24)25)8-9-18(16)23/h3-9,11,13,17,20H,10,12H2,1-2H3,(H,27,28)(H,29,30)(H,31,32)(H4,24,25,26). The van der Waals surface area contributed by atoms with Gasteiger partial charge in [-0.05, 0) is 35.2 Å². The first kappa shape index (κ1) is 26.4. The summed E-state index contributed by atoms with van der Waals surface area (Å²) in [5, 5.41) is 12.5. The molecule has 0 radical (unpaired) electrons. The molecule has 2 aromatic rings. The zero-order chi connectivity index (χ0) is 24.8. The third kappa shape index (κ3) is 7.60. The van der Waals surface area contributed by atoms with Gasteiger partial charge in [-0.3, -0.25) is 14.2 Å². The van der Waals surface area contributed by atoms with Crippen LogP contribution in [0.5, 0.6) is 0 Å². The van der Waals surface area contributed by atoms with E-state index in [1.165, 1.54) is 18.2 Å². The quantitative estimate of drug-likeness (QED) is 0.192. The molecule has 0 fully saturated rings. The second-order valence-electron chi connectivity index (χ2n) is 7.99. The van der Waals surface area contributed by atoms with Crippen molar-refractivity contribution < 1.29 is 24.2 Å². The number of amides is 1. The van der Waals surface area contributed by atoms with Gasteiger partial charge in [-0.2, -0.15) is 0 Å². The van der Waals surface area contributed by atoms with E-state index in [-0.39, 0.29) is 28.7 Å². The Morgan fingerprint density at radius 3 is 2.33 bits per heavy atom. The minimum absolute atomic E-state index is 0.0266. The van der Waals surface area contributed by atoms with Crippen molar-refractivity contribution in [2.75, 3.05) is 6.16 Å². The van der Waals surface area contributed by atoms with Crippen molar-refractivity contribution in [3.63, 3.8) is 0 Å². The summed E-state index contributed by atoms with van der Waals surface area (Å²) in [6.45, 7) is 3.36. The number of carbonyl (C=O) groups excluding carboxylic acids is 1. The molecular formula is C22H28ClN4O5P. The highest BCUT2D eigenvalue weighted by Crippen LogP contribution is 2.52. The molecule has 33 heavy (non-hydrogen) atoms. The Labute approximate surface area is 197 Å². The number of benzene rings is 2. The average molecular weight is 495 g/mol. The molecule has 0 aliphatic carbocycles. The lowest BCUT2D eigenvalue weighted by molar-refractivity contribution is -0.138. The highest BCUT2D eigenvalue weighted by molar-refractivity contribution is 7.58. The molecule has 0 saturated carbocycles. The molecule has 0 aliphatic heterocycles. The zero-order valence-corrected chi connectivity index (χ0v) is 20.0. The number of nitrogens with one attached hydrogen (secondary N) is 1. The van der Waals surface area contributed by atoms with Crippen molar-refractivity contribution in [1.29, 1.82) is 0 Å². The maximum Gasteiger partial charge on any atom is 0.311 e. The maximum atomic E-state index is 13.4. The van der Waals surface area contributed by atoms with Gasteiger partial charge < -0.3 is 26.8 Å². The summed E-state index contributed by atoms with van der Waals surface area (Å²) < 4.78 is 13.4. The molecule has 0 aromatic heterocycles. The normalized spacial score (nSPS) is 14.7. The van der Waals surface area contributed by atoms with Crippen LogP contribution in [0.3, 0.4) is 0 Å². The number of carbonyl (C=O) groups is 2. The number of hydrogen-bond donors (Lipinski definition) is 5. The van der Waals surface area contributed by atoms with Crippen LogP contribution in [0.25, 0.3) is 0 Å². The minimum Gasteiger partial charge on any atom is -0.481 e. The first-order valence-electron chi connectivity index (χ1n) is 10.2. The Morgan fingerprint density at radius 1 is 1.15 bits per heavy atom. The second kappa shape index (κ2) is 11.3. The van der Waals surface area contributed by atoms with Gasteiger partial charge in [-0.25, -0.2) is 4.99 Å². The van der Waals surface area contributed by atoms with E-state index in [1.807, 2.05) is 6.07 Å². The summed E-state index contributed by atoms with van der Waals surface area (Å²) in [5.41, 5.74) is 11.9. The van der Waals surface area contributed by atoms with Crippen molar-refractivity contribution >= 4 is 42.5 Å². The monoisotopic (exact) mass is 494 g/mol. The SMILES string of the molecule is CC(C)C(NC(=O)Cc1ccccc1)P(=O)(O)CC(C(=O)O)c1cc(N=C(N)N)ccc1Cl. The predicted molar refractivity (Wildman–Crippen MR) is 129 cm³/mol. The molecule has 0 spiro atoms. The fraction of sp³-hybridized carbons (Fsp3) is 0.318. The van der Waals surface area contributed by atoms with Crippen LogP contribution >= 0.6 is 19.0 Å². The first-order valence-corrected chi connectivity index (χ1v) is 12.5. The molecule has 2 aromatic carbocycles. The van der Waals surface area contributed by atoms with Crippen LogP contribution in [0.4, 0.5) is 5.69 Å². The van der Waals surface area contributed by atoms with Crippen LogP contribution < -0.4 is 16.8 Å². The molecule has 178 valence electrons. The van der Waals surface area contributed by atoms with Gasteiger partial charge in [0.1, 0.15) is 5.78 Å². The van der Waals surface area contributed by atoms with Crippen molar-refractivity contribution in [2.45, 2.75) is 32.0 Å². The van der Waals surface area contributed by atoms with Gasteiger partial charge in [0, 0.05) is 11.2 Å². The summed E-state index contributed by atoms with van der Waals surface area (Å²) in [6, 6.07) is 13.2. The molecule has 0 aliphatic rings. The molecule has 2 rings (SSSR count). The average Bonchev–Trinajstić information content (AvgIpc) is 2.71. The maximum absolute atomic E-state index is 13.4. The Hall–Kier alpha value is -2.87. The van der Waals surface area contributed by atoms with Crippen molar-refractivity contribution in [3.05, 3.63) is 64.7 Å². The number of nitrogens with zero attached hydrogens (tertiary/aromatic N) is 1. The number of guanidine groups is 1. The zero-order valence-electron chi connectivity index (χ0n) is 18.3. The fourth-order valence-corrected chi connectivity index (χ4v) is 6.06. The number of aliphatic carboxylic acids is 1. The second-order valence-corrected chi connectivity index (χ2v) is 10.8. The van der Waals surface area contributed by atoms with E-state index < -0.39 is 43.0 Å². The Morgan fingerprint density at radius 2 is 1.79 bits per heavy atom. The van der Waals surface area contributed by atoms with E-state index >= 15 is 0 Å². The van der Waals surface area contributed by atoms with E-state index in [0.717, 1.165) is 5.56 Å². The molecule has 11 heteroatoms. The number of hydrogen-bond acceptors (Lipinski definition) is 4. The number of aliphatic imine (C=N–C) groups is 1. The van der Waals surface area contributed by atoms with Gasteiger partial charge in [0.15, 0.2) is 5.96 Å². The number of carboxylic acids is 1. The number of nitrogens with two attached hydrogens (primary N) is 2. The molecule has 7 N–H and O–H groups in total. The predicted octanol–water partition coefficient (Wildman–Crippen LogP) is 3.02. The fourth-order valence-electron chi connectivity index (χ4n) is 3.43. The van der Waals surface area contributed by atoms with Crippen LogP contribution in [0.15, 0.2) is 53.5 Å². The molecule has 0 saturated heterocycles. The van der Waals surface area contributed by atoms with E-state index in [4.69, 9.17) is 23.1 Å². The highest BCUT2D eigenvalue weighted by Gasteiger charge is 2.40. The third-order valence-electron chi connectivity index (χ3n) is 4.94. The van der Waals surface area contributed by atoms with Crippen molar-refractivity contribution in [1.82, 2.24) is 5.32 Å². The van der Waals surface area contributed by atoms with Crippen LogP contribution in [-0.2, 0) is 20.6 Å². The van der Waals surface area contributed by atoms with Gasteiger partial charge in [0.05, 0.1) is 18.0 Å².